The molecule has 0 radical (unpaired) electrons. The van der Waals surface area contributed by atoms with Crippen molar-refractivity contribution in [2.75, 3.05) is 19.6 Å². The van der Waals surface area contributed by atoms with Crippen LogP contribution >= 0.6 is 0 Å². The number of aryl methyl sites for hydroxylation is 2. The number of nitrogens with zero attached hydrogens (tertiary/aromatic N) is 4. The second-order valence-electron chi connectivity index (χ2n) is 6.26. The van der Waals surface area contributed by atoms with E-state index < -0.39 is 0 Å². The number of hydrogen-bond acceptors (Lipinski definition) is 4. The number of piperidine rings is 1. The predicted octanol–water partition coefficient (Wildman–Crippen LogP) is 1.91. The molecule has 3 rings (SSSR count). The Morgan fingerprint density at radius 2 is 2.19 bits per heavy atom. The fourth-order valence-corrected chi connectivity index (χ4v) is 3.39. The van der Waals surface area contributed by atoms with Crippen LogP contribution in [-0.4, -0.2) is 38.9 Å². The lowest BCUT2D eigenvalue weighted by atomic mass is 9.95. The number of imidazole rings is 1. The molecule has 0 spiro atoms. The molecule has 5 heteroatoms. The van der Waals surface area contributed by atoms with Crippen molar-refractivity contribution in [3.63, 3.8) is 0 Å². The van der Waals surface area contributed by atoms with Gasteiger partial charge in [0.05, 0.1) is 5.69 Å². The van der Waals surface area contributed by atoms with E-state index in [1.54, 1.807) is 0 Å². The number of aromatic nitrogens is 3. The van der Waals surface area contributed by atoms with Crippen LogP contribution in [0.15, 0.2) is 12.3 Å². The molecule has 0 saturated carbocycles. The summed E-state index contributed by atoms with van der Waals surface area (Å²) in [6.07, 6.45) is 5.86. The van der Waals surface area contributed by atoms with Gasteiger partial charge in [-0.2, -0.15) is 0 Å². The van der Waals surface area contributed by atoms with E-state index in [4.69, 9.17) is 5.73 Å². The molecule has 1 saturated heterocycles. The molecule has 1 fully saturated rings. The molecular formula is C16H25N5. The molecule has 114 valence electrons. The van der Waals surface area contributed by atoms with Gasteiger partial charge in [0, 0.05) is 30.7 Å². The molecule has 3 heterocycles. The first-order chi connectivity index (χ1) is 10.2. The standard InChI is InChI=1S/C16H25N5/c1-12-8-13(2)21-11-15(19-16(21)18-12)10-20-7-3-4-14(9-20)5-6-17/h8,11,14H,3-7,9-10,17H2,1-2H3. The topological polar surface area (TPSA) is 59.5 Å². The molecule has 1 unspecified atom stereocenters. The average Bonchev–Trinajstić information content (AvgIpc) is 2.82. The van der Waals surface area contributed by atoms with Crippen LogP contribution in [0, 0.1) is 19.8 Å². The quantitative estimate of drug-likeness (QED) is 0.933. The van der Waals surface area contributed by atoms with Crippen LogP contribution in [0.4, 0.5) is 0 Å². The molecule has 0 aromatic carbocycles. The summed E-state index contributed by atoms with van der Waals surface area (Å²) >= 11 is 0. The third-order valence-corrected chi connectivity index (χ3v) is 4.37. The number of hydrogen-bond donors (Lipinski definition) is 1. The third kappa shape index (κ3) is 3.24. The van der Waals surface area contributed by atoms with Gasteiger partial charge >= 0.3 is 0 Å². The van der Waals surface area contributed by atoms with E-state index in [9.17, 15) is 0 Å². The maximum atomic E-state index is 5.70. The van der Waals surface area contributed by atoms with Crippen LogP contribution in [0.1, 0.15) is 36.3 Å². The largest absolute Gasteiger partial charge is 0.330 e. The summed E-state index contributed by atoms with van der Waals surface area (Å²) < 4.78 is 2.09. The smallest absolute Gasteiger partial charge is 0.234 e. The number of nitrogens with two attached hydrogens (primary N) is 1. The first kappa shape index (κ1) is 14.5. The van der Waals surface area contributed by atoms with Crippen molar-refractivity contribution in [1.82, 2.24) is 19.3 Å². The van der Waals surface area contributed by atoms with Crippen LogP contribution in [-0.2, 0) is 6.54 Å². The summed E-state index contributed by atoms with van der Waals surface area (Å²) in [7, 11) is 0. The van der Waals surface area contributed by atoms with Crippen molar-refractivity contribution in [3.8, 4) is 0 Å². The highest BCUT2D eigenvalue weighted by atomic mass is 15.2. The summed E-state index contributed by atoms with van der Waals surface area (Å²) in [6.45, 7) is 8.16. The molecule has 1 atom stereocenters. The van der Waals surface area contributed by atoms with E-state index in [0.29, 0.717) is 0 Å². The zero-order chi connectivity index (χ0) is 14.8. The minimum Gasteiger partial charge on any atom is -0.330 e. The lowest BCUT2D eigenvalue weighted by molar-refractivity contribution is 0.161. The molecule has 5 nitrogen and oxygen atoms in total. The van der Waals surface area contributed by atoms with Crippen molar-refractivity contribution < 1.29 is 0 Å². The van der Waals surface area contributed by atoms with E-state index in [1.165, 1.54) is 25.1 Å². The van der Waals surface area contributed by atoms with Gasteiger partial charge in [-0.3, -0.25) is 9.30 Å². The predicted molar refractivity (Wildman–Crippen MR) is 84.1 cm³/mol. The second kappa shape index (κ2) is 6.12. The van der Waals surface area contributed by atoms with Crippen LogP contribution < -0.4 is 5.73 Å². The Bertz CT molecular complexity index is 616. The Kier molecular flexibility index (Phi) is 4.22. The minimum absolute atomic E-state index is 0.753. The van der Waals surface area contributed by atoms with Crippen molar-refractivity contribution in [2.45, 2.75) is 39.7 Å². The molecule has 21 heavy (non-hydrogen) atoms. The van der Waals surface area contributed by atoms with Crippen molar-refractivity contribution in [1.29, 1.82) is 0 Å². The van der Waals surface area contributed by atoms with E-state index in [2.05, 4.69) is 38.5 Å². The summed E-state index contributed by atoms with van der Waals surface area (Å²) in [5, 5.41) is 0. The zero-order valence-electron chi connectivity index (χ0n) is 13.0. The summed E-state index contributed by atoms with van der Waals surface area (Å²) in [4.78, 5) is 11.7. The normalized spacial score (nSPS) is 20.2. The molecule has 2 aromatic rings. The van der Waals surface area contributed by atoms with Crippen molar-refractivity contribution in [2.24, 2.45) is 11.7 Å². The molecule has 1 aliphatic rings. The van der Waals surface area contributed by atoms with Gasteiger partial charge < -0.3 is 5.73 Å². The van der Waals surface area contributed by atoms with Gasteiger partial charge in [0.15, 0.2) is 0 Å². The summed E-state index contributed by atoms with van der Waals surface area (Å²) in [5.74, 6) is 1.57. The highest BCUT2D eigenvalue weighted by Crippen LogP contribution is 2.20. The SMILES string of the molecule is Cc1cc(C)n2cc(CN3CCCC(CCN)C3)nc2n1. The average molecular weight is 287 g/mol. The first-order valence-electron chi connectivity index (χ1n) is 7.90. The number of fused-ring (bicyclic) bond motifs is 1. The fourth-order valence-electron chi connectivity index (χ4n) is 3.39. The molecule has 0 aliphatic carbocycles. The molecule has 0 bridgehead atoms. The molecule has 2 N–H and O–H groups in total. The third-order valence-electron chi connectivity index (χ3n) is 4.37. The fraction of sp³-hybridized carbons (Fsp3) is 0.625. The van der Waals surface area contributed by atoms with Gasteiger partial charge in [-0.15, -0.1) is 0 Å². The Morgan fingerprint density at radius 1 is 1.33 bits per heavy atom. The molecule has 2 aromatic heterocycles. The van der Waals surface area contributed by atoms with E-state index in [0.717, 1.165) is 49.1 Å². The van der Waals surface area contributed by atoms with Crippen LogP contribution in [0.3, 0.4) is 0 Å². The Hall–Kier alpha value is -1.46. The first-order valence-corrected chi connectivity index (χ1v) is 7.90. The molecule has 0 amide bonds. The second-order valence-corrected chi connectivity index (χ2v) is 6.26. The van der Waals surface area contributed by atoms with Gasteiger partial charge in [-0.1, -0.05) is 0 Å². The Balaban J connectivity index is 1.74. The van der Waals surface area contributed by atoms with Crippen LogP contribution in [0.5, 0.6) is 0 Å². The zero-order valence-corrected chi connectivity index (χ0v) is 13.0. The van der Waals surface area contributed by atoms with E-state index in [1.807, 2.05) is 6.92 Å². The Morgan fingerprint density at radius 3 is 3.00 bits per heavy atom. The van der Waals surface area contributed by atoms with E-state index in [-0.39, 0.29) is 0 Å². The summed E-state index contributed by atoms with van der Waals surface area (Å²) in [6, 6.07) is 2.09. The lowest BCUT2D eigenvalue weighted by Gasteiger charge is -2.32. The monoisotopic (exact) mass is 287 g/mol. The van der Waals surface area contributed by atoms with Gasteiger partial charge in [-0.05, 0) is 58.2 Å². The molecular weight excluding hydrogens is 262 g/mol. The van der Waals surface area contributed by atoms with Gasteiger partial charge in [0.25, 0.3) is 0 Å². The number of rotatable bonds is 4. The summed E-state index contributed by atoms with van der Waals surface area (Å²) in [5.41, 5.74) is 9.03. The van der Waals surface area contributed by atoms with Crippen molar-refractivity contribution >= 4 is 5.78 Å². The van der Waals surface area contributed by atoms with Crippen LogP contribution in [0.25, 0.3) is 5.78 Å². The van der Waals surface area contributed by atoms with Gasteiger partial charge in [-0.25, -0.2) is 9.97 Å². The van der Waals surface area contributed by atoms with Crippen LogP contribution in [0.2, 0.25) is 0 Å². The highest BCUT2D eigenvalue weighted by Gasteiger charge is 2.20. The van der Waals surface area contributed by atoms with Gasteiger partial charge in [0.1, 0.15) is 0 Å². The maximum Gasteiger partial charge on any atom is 0.234 e. The van der Waals surface area contributed by atoms with Crippen molar-refractivity contribution in [3.05, 3.63) is 29.3 Å². The van der Waals surface area contributed by atoms with E-state index >= 15 is 0 Å². The highest BCUT2D eigenvalue weighted by molar-refractivity contribution is 5.34. The Labute approximate surface area is 126 Å². The lowest BCUT2D eigenvalue weighted by Crippen LogP contribution is -2.35. The molecule has 1 aliphatic heterocycles. The van der Waals surface area contributed by atoms with Gasteiger partial charge in [0.2, 0.25) is 5.78 Å². The minimum atomic E-state index is 0.753. The number of likely N-dealkylation sites (tertiary alicyclic amines) is 1. The maximum absolute atomic E-state index is 5.70.